The zero-order valence-electron chi connectivity index (χ0n) is 49.3. The average Bonchev–Trinajstić information content (AvgIpc) is 3.40. The largest absolute Gasteiger partial charge is 0.462 e. The van der Waals surface area contributed by atoms with Gasteiger partial charge in [0.1, 0.15) is 6.61 Å². The molecule has 1 unspecified atom stereocenters. The molecule has 0 saturated heterocycles. The summed E-state index contributed by atoms with van der Waals surface area (Å²) in [6.07, 6.45) is 86.1. The summed E-state index contributed by atoms with van der Waals surface area (Å²) in [6, 6.07) is 0. The minimum atomic E-state index is -0.551. The first-order valence-electron chi connectivity index (χ1n) is 32.1. The Bertz CT molecular complexity index is 1350. The fourth-order valence-electron chi connectivity index (χ4n) is 9.05. The summed E-state index contributed by atoms with van der Waals surface area (Å²) in [4.78, 5) is 25.6. The van der Waals surface area contributed by atoms with Crippen LogP contribution in [-0.2, 0) is 23.8 Å². The van der Waals surface area contributed by atoms with Crippen LogP contribution in [0.2, 0.25) is 0 Å². The third-order valence-electron chi connectivity index (χ3n) is 13.9. The van der Waals surface area contributed by atoms with Gasteiger partial charge in [0.15, 0.2) is 6.10 Å². The quantitative estimate of drug-likeness (QED) is 0.0345. The topological polar surface area (TPSA) is 61.8 Å². The van der Waals surface area contributed by atoms with Crippen molar-refractivity contribution in [3.8, 4) is 0 Å². The minimum absolute atomic E-state index is 0.0755. The van der Waals surface area contributed by atoms with Gasteiger partial charge >= 0.3 is 11.9 Å². The summed E-state index contributed by atoms with van der Waals surface area (Å²) in [6.45, 7) is 7.76. The van der Waals surface area contributed by atoms with Gasteiger partial charge < -0.3 is 14.2 Å². The molecule has 0 amide bonds. The highest BCUT2D eigenvalue weighted by Gasteiger charge is 2.17. The zero-order chi connectivity index (χ0) is 53.4. The Morgan fingerprint density at radius 3 is 0.905 bits per heavy atom. The van der Waals surface area contributed by atoms with E-state index in [1.807, 2.05) is 0 Å². The highest BCUT2D eigenvalue weighted by molar-refractivity contribution is 5.70. The monoisotopic (exact) mass is 1030 g/mol. The van der Waals surface area contributed by atoms with E-state index in [1.54, 1.807) is 0 Å². The predicted octanol–water partition coefficient (Wildman–Crippen LogP) is 22.4. The number of hydrogen-bond donors (Lipinski definition) is 0. The van der Waals surface area contributed by atoms with E-state index < -0.39 is 6.10 Å². The Morgan fingerprint density at radius 1 is 0.297 bits per heavy atom. The van der Waals surface area contributed by atoms with Gasteiger partial charge in [0.05, 0.1) is 6.61 Å². The van der Waals surface area contributed by atoms with Crippen LogP contribution in [0.1, 0.15) is 316 Å². The van der Waals surface area contributed by atoms with Crippen molar-refractivity contribution in [3.05, 3.63) is 85.1 Å². The lowest BCUT2D eigenvalue weighted by Gasteiger charge is -2.18. The minimum Gasteiger partial charge on any atom is -0.462 e. The lowest BCUT2D eigenvalue weighted by atomic mass is 10.1. The van der Waals surface area contributed by atoms with Crippen LogP contribution in [0.5, 0.6) is 0 Å². The molecule has 0 radical (unpaired) electrons. The first kappa shape index (κ1) is 71.1. The van der Waals surface area contributed by atoms with Crippen LogP contribution in [0, 0.1) is 0 Å². The first-order chi connectivity index (χ1) is 36.6. The molecule has 0 heterocycles. The fraction of sp³-hybridized carbons (Fsp3) is 0.768. The van der Waals surface area contributed by atoms with Crippen LogP contribution in [0.4, 0.5) is 0 Å². The van der Waals surface area contributed by atoms with Crippen molar-refractivity contribution in [2.45, 2.75) is 322 Å². The van der Waals surface area contributed by atoms with E-state index in [0.717, 1.165) is 70.6 Å². The molecule has 0 bridgehead atoms. The molecule has 0 fully saturated rings. The van der Waals surface area contributed by atoms with Crippen LogP contribution in [0.15, 0.2) is 85.1 Å². The van der Waals surface area contributed by atoms with Gasteiger partial charge in [-0.2, -0.15) is 0 Å². The molecule has 5 nitrogen and oxygen atoms in total. The van der Waals surface area contributed by atoms with E-state index in [2.05, 4.69) is 106 Å². The van der Waals surface area contributed by atoms with Crippen molar-refractivity contribution < 1.29 is 23.8 Å². The molecule has 74 heavy (non-hydrogen) atoms. The Labute approximate surface area is 460 Å². The fourth-order valence-corrected chi connectivity index (χ4v) is 9.05. The lowest BCUT2D eigenvalue weighted by Crippen LogP contribution is -2.30. The number of esters is 2. The van der Waals surface area contributed by atoms with E-state index in [0.29, 0.717) is 19.4 Å². The SMILES string of the molecule is CCCCC/C=C\C/C=C\C/C=C\CCCCCCCCCOCC(COC(=O)CCCCCCCCCCC/C=C\C/C=C\CCCCC)OC(=O)CCCCCCCCCCC/C=C\C/C=C\CCCCC. The molecule has 0 aromatic carbocycles. The van der Waals surface area contributed by atoms with Crippen molar-refractivity contribution in [3.63, 3.8) is 0 Å². The third kappa shape index (κ3) is 61.6. The molecule has 0 aliphatic carbocycles. The van der Waals surface area contributed by atoms with Crippen LogP contribution in [-0.4, -0.2) is 37.9 Å². The maximum absolute atomic E-state index is 12.9. The summed E-state index contributed by atoms with van der Waals surface area (Å²) < 4.78 is 17.6. The van der Waals surface area contributed by atoms with Gasteiger partial charge in [0.25, 0.3) is 0 Å². The molecule has 0 spiro atoms. The number of allylic oxidation sites excluding steroid dienone is 14. The smallest absolute Gasteiger partial charge is 0.306 e. The Morgan fingerprint density at radius 2 is 0.568 bits per heavy atom. The highest BCUT2D eigenvalue weighted by Crippen LogP contribution is 2.16. The van der Waals surface area contributed by atoms with Crippen molar-refractivity contribution in [1.82, 2.24) is 0 Å². The maximum Gasteiger partial charge on any atom is 0.306 e. The van der Waals surface area contributed by atoms with E-state index in [-0.39, 0.29) is 25.2 Å². The van der Waals surface area contributed by atoms with E-state index in [1.165, 1.54) is 212 Å². The van der Waals surface area contributed by atoms with E-state index >= 15 is 0 Å². The Hall–Kier alpha value is -2.92. The first-order valence-corrected chi connectivity index (χ1v) is 32.1. The Balaban J connectivity index is 4.32. The van der Waals surface area contributed by atoms with E-state index in [4.69, 9.17) is 14.2 Å². The third-order valence-corrected chi connectivity index (χ3v) is 13.9. The van der Waals surface area contributed by atoms with Gasteiger partial charge in [-0.05, 0) is 122 Å². The summed E-state index contributed by atoms with van der Waals surface area (Å²) >= 11 is 0. The van der Waals surface area contributed by atoms with Crippen molar-refractivity contribution in [1.29, 1.82) is 0 Å². The van der Waals surface area contributed by atoms with Crippen molar-refractivity contribution in [2.75, 3.05) is 19.8 Å². The van der Waals surface area contributed by atoms with Crippen molar-refractivity contribution >= 4 is 11.9 Å². The molecule has 0 saturated carbocycles. The predicted molar refractivity (Wildman–Crippen MR) is 325 cm³/mol. The number of carbonyl (C=O) groups is 2. The van der Waals surface area contributed by atoms with Gasteiger partial charge in [0.2, 0.25) is 0 Å². The van der Waals surface area contributed by atoms with Crippen LogP contribution in [0.25, 0.3) is 0 Å². The van der Waals surface area contributed by atoms with Crippen LogP contribution >= 0.6 is 0 Å². The molecule has 1 atom stereocenters. The number of ether oxygens (including phenoxy) is 3. The second-order valence-corrected chi connectivity index (χ2v) is 21.3. The number of hydrogen-bond acceptors (Lipinski definition) is 5. The molecule has 428 valence electrons. The van der Waals surface area contributed by atoms with Gasteiger partial charge in [-0.3, -0.25) is 9.59 Å². The second-order valence-electron chi connectivity index (χ2n) is 21.3. The summed E-state index contributed by atoms with van der Waals surface area (Å²) in [5.41, 5.74) is 0. The second kappa shape index (κ2) is 64.4. The summed E-state index contributed by atoms with van der Waals surface area (Å²) in [5, 5.41) is 0. The molecule has 0 aliphatic rings. The molecular weight excluding hydrogens is 909 g/mol. The number of rotatable bonds is 59. The molecule has 0 rings (SSSR count). The normalized spacial score (nSPS) is 12.7. The average molecular weight is 1030 g/mol. The maximum atomic E-state index is 12.9. The number of carbonyl (C=O) groups excluding carboxylic acids is 2. The van der Waals surface area contributed by atoms with E-state index in [9.17, 15) is 9.59 Å². The zero-order valence-corrected chi connectivity index (χ0v) is 49.3. The Kier molecular flexibility index (Phi) is 61.8. The van der Waals surface area contributed by atoms with Gasteiger partial charge in [-0.15, -0.1) is 0 Å². The number of unbranched alkanes of at least 4 members (excludes halogenated alkanes) is 34. The molecular formula is C69H122O5. The summed E-state index contributed by atoms with van der Waals surface area (Å²) in [7, 11) is 0. The molecule has 0 aromatic rings. The van der Waals surface area contributed by atoms with Gasteiger partial charge in [0, 0.05) is 19.4 Å². The van der Waals surface area contributed by atoms with Gasteiger partial charge in [-0.25, -0.2) is 0 Å². The van der Waals surface area contributed by atoms with Crippen molar-refractivity contribution in [2.24, 2.45) is 0 Å². The van der Waals surface area contributed by atoms with Crippen LogP contribution in [0.3, 0.4) is 0 Å². The molecule has 0 aromatic heterocycles. The molecule has 0 N–H and O–H groups in total. The lowest BCUT2D eigenvalue weighted by molar-refractivity contribution is -0.163. The standard InChI is InChI=1S/C69H122O5/c1-4-7-10-13-16-19-22-25-28-31-34-37-40-43-46-49-52-55-58-61-64-72-65-67(74-69(71)63-60-57-54-51-48-45-42-39-36-33-30-27-24-21-18-15-12-9-6-3)66-73-68(70)62-59-56-53-50-47-44-41-38-35-32-29-26-23-20-17-14-11-8-5-2/h16-21,25-30,34,37,67H,4-15,22-24,31-33,35-36,38-66H2,1-3H3/b19-16-,20-17-,21-18-,28-25-,29-26-,30-27-,37-34-. The molecule has 5 heteroatoms. The summed E-state index contributed by atoms with van der Waals surface area (Å²) in [5.74, 6) is -0.402. The molecule has 0 aliphatic heterocycles. The highest BCUT2D eigenvalue weighted by atomic mass is 16.6. The van der Waals surface area contributed by atoms with Crippen LogP contribution < -0.4 is 0 Å². The van der Waals surface area contributed by atoms with Gasteiger partial charge in [-0.1, -0.05) is 266 Å².